The Labute approximate surface area is 309 Å². The second-order valence-corrected chi connectivity index (χ2v) is 14.5. The number of nitrogens with one attached hydrogen (secondary N) is 5. The van der Waals surface area contributed by atoms with E-state index >= 15 is 0 Å². The Kier molecular flexibility index (Phi) is 17.6. The number of carbonyl (C=O) groups excluding carboxylic acids is 4. The summed E-state index contributed by atoms with van der Waals surface area (Å²) in [5.41, 5.74) is 13.8. The topological polar surface area (TPSA) is 199 Å². The fraction of sp³-hybridized carbons (Fsp3) is 0.564. The monoisotopic (exact) mass is 719 g/mol. The molecule has 0 spiro atoms. The number of carbonyl (C=O) groups is 4. The largest absolute Gasteiger partial charge is 0.370 e. The van der Waals surface area contributed by atoms with Gasteiger partial charge in [-0.2, -0.15) is 0 Å². The highest BCUT2D eigenvalue weighted by atomic mass is 16.2. The minimum Gasteiger partial charge on any atom is -0.370 e. The first kappa shape index (κ1) is 41.9. The molecule has 1 fully saturated rings. The maximum Gasteiger partial charge on any atom is 0.245 e. The number of nitrogens with two attached hydrogens (primary N) is 2. The molecule has 2 aromatic carbocycles. The molecule has 286 valence electrons. The first-order valence-electron chi connectivity index (χ1n) is 18.7. The molecule has 4 atom stereocenters. The standard InChI is InChI=1S/C39H61N9O4/c1-27(2)24-33(36(50)44-32(18-11-12-19-43-28(3)4)38(52)47-20-13-21-48(23-22-47)39(41)42)46-37(51)34(26-30-16-9-6-10-17-30)45-35(49)31(40)25-29-14-7-5-8-15-29/h5-10,14-17,27-28,31-34,43H,11-13,18-26,40H2,1-4H3,(H3,41,42)(H,44,50)(H,45,49)(H,46,51)/t31-,32-,33-,34-/m1/s1. The van der Waals surface area contributed by atoms with E-state index in [1.807, 2.05) is 74.5 Å². The summed E-state index contributed by atoms with van der Waals surface area (Å²) in [6.07, 6.45) is 3.45. The van der Waals surface area contributed by atoms with Crippen molar-refractivity contribution in [3.8, 4) is 0 Å². The van der Waals surface area contributed by atoms with Crippen molar-refractivity contribution in [2.24, 2.45) is 17.4 Å². The lowest BCUT2D eigenvalue weighted by molar-refractivity contribution is -0.138. The zero-order chi connectivity index (χ0) is 38.0. The molecule has 2 aromatic rings. The van der Waals surface area contributed by atoms with Gasteiger partial charge in [-0.15, -0.1) is 0 Å². The summed E-state index contributed by atoms with van der Waals surface area (Å²) in [5.74, 6) is -1.60. The van der Waals surface area contributed by atoms with E-state index in [1.165, 1.54) is 0 Å². The van der Waals surface area contributed by atoms with E-state index in [4.69, 9.17) is 16.9 Å². The molecule has 9 N–H and O–H groups in total. The molecule has 1 aliphatic rings. The zero-order valence-corrected chi connectivity index (χ0v) is 31.4. The lowest BCUT2D eigenvalue weighted by atomic mass is 9.99. The van der Waals surface area contributed by atoms with Gasteiger partial charge in [-0.3, -0.25) is 24.6 Å². The first-order chi connectivity index (χ1) is 24.8. The number of amides is 4. The Morgan fingerprint density at radius 1 is 0.712 bits per heavy atom. The van der Waals surface area contributed by atoms with Gasteiger partial charge >= 0.3 is 0 Å². The van der Waals surface area contributed by atoms with Crippen LogP contribution >= 0.6 is 0 Å². The highest BCUT2D eigenvalue weighted by Gasteiger charge is 2.33. The number of guanidine groups is 1. The molecule has 0 bridgehead atoms. The highest BCUT2D eigenvalue weighted by Crippen LogP contribution is 2.13. The molecule has 13 heteroatoms. The number of hydrogen-bond acceptors (Lipinski definition) is 7. The number of benzene rings is 2. The van der Waals surface area contributed by atoms with Crippen molar-refractivity contribution in [2.45, 2.75) is 103 Å². The summed E-state index contributed by atoms with van der Waals surface area (Å²) in [7, 11) is 0. The average Bonchev–Trinajstić information content (AvgIpc) is 3.37. The van der Waals surface area contributed by atoms with Crippen LogP contribution in [0, 0.1) is 11.3 Å². The van der Waals surface area contributed by atoms with Crippen LogP contribution in [-0.4, -0.2) is 102 Å². The quantitative estimate of drug-likeness (QED) is 0.0649. The van der Waals surface area contributed by atoms with Crippen LogP contribution < -0.4 is 32.7 Å². The summed E-state index contributed by atoms with van der Waals surface area (Å²) >= 11 is 0. The third-order valence-electron chi connectivity index (χ3n) is 9.13. The second-order valence-electron chi connectivity index (χ2n) is 14.5. The molecule has 52 heavy (non-hydrogen) atoms. The first-order valence-corrected chi connectivity index (χ1v) is 18.7. The van der Waals surface area contributed by atoms with Gasteiger partial charge in [-0.1, -0.05) is 88.4 Å². The third-order valence-corrected chi connectivity index (χ3v) is 9.13. The Hall–Kier alpha value is -4.49. The maximum atomic E-state index is 14.0. The minimum absolute atomic E-state index is 0.0241. The molecule has 13 nitrogen and oxygen atoms in total. The summed E-state index contributed by atoms with van der Waals surface area (Å²) in [6, 6.07) is 15.5. The van der Waals surface area contributed by atoms with Gasteiger partial charge in [0.1, 0.15) is 18.1 Å². The Bertz CT molecular complexity index is 1420. The van der Waals surface area contributed by atoms with E-state index in [0.29, 0.717) is 64.3 Å². The van der Waals surface area contributed by atoms with Crippen molar-refractivity contribution in [3.05, 3.63) is 71.8 Å². The van der Waals surface area contributed by atoms with Crippen LogP contribution in [0.3, 0.4) is 0 Å². The van der Waals surface area contributed by atoms with Crippen molar-refractivity contribution in [1.29, 1.82) is 5.41 Å². The van der Waals surface area contributed by atoms with E-state index in [-0.39, 0.29) is 24.2 Å². The third kappa shape index (κ3) is 14.6. The van der Waals surface area contributed by atoms with Gasteiger partial charge in [0.05, 0.1) is 6.04 Å². The van der Waals surface area contributed by atoms with Crippen molar-refractivity contribution in [2.75, 3.05) is 32.7 Å². The highest BCUT2D eigenvalue weighted by molar-refractivity contribution is 5.95. The van der Waals surface area contributed by atoms with E-state index in [9.17, 15) is 19.2 Å². The van der Waals surface area contributed by atoms with Gasteiger partial charge in [0.2, 0.25) is 23.6 Å². The van der Waals surface area contributed by atoms with Gasteiger partial charge in [0, 0.05) is 38.6 Å². The molecule has 0 unspecified atom stereocenters. The van der Waals surface area contributed by atoms with Gasteiger partial charge in [0.15, 0.2) is 5.96 Å². The zero-order valence-electron chi connectivity index (χ0n) is 31.4. The van der Waals surface area contributed by atoms with Gasteiger partial charge in [-0.25, -0.2) is 0 Å². The van der Waals surface area contributed by atoms with Crippen molar-refractivity contribution in [1.82, 2.24) is 31.1 Å². The SMILES string of the molecule is CC(C)C[C@@H](NC(=O)[C@@H](Cc1ccccc1)NC(=O)[C@H](N)Cc1ccccc1)C(=O)N[C@H](CCCCNC(C)C)C(=O)N1CCCN(C(=N)N)CC1. The second kappa shape index (κ2) is 21.8. The van der Waals surface area contributed by atoms with E-state index in [1.54, 1.807) is 9.80 Å². The number of nitrogens with zero attached hydrogens (tertiary/aromatic N) is 2. The molecule has 3 rings (SSSR count). The van der Waals surface area contributed by atoms with Gasteiger partial charge in [0.25, 0.3) is 0 Å². The number of unbranched alkanes of at least 4 members (excludes halogenated alkanes) is 1. The normalized spacial score (nSPS) is 15.7. The van der Waals surface area contributed by atoms with Crippen molar-refractivity contribution < 1.29 is 19.2 Å². The molecule has 4 amide bonds. The maximum absolute atomic E-state index is 14.0. The Morgan fingerprint density at radius 2 is 1.25 bits per heavy atom. The lowest BCUT2D eigenvalue weighted by Gasteiger charge is -2.29. The summed E-state index contributed by atoms with van der Waals surface area (Å²) in [4.78, 5) is 58.8. The molecule has 0 radical (unpaired) electrons. The van der Waals surface area contributed by atoms with Gasteiger partial charge < -0.3 is 42.5 Å². The van der Waals surface area contributed by atoms with Crippen molar-refractivity contribution >= 4 is 29.6 Å². The minimum atomic E-state index is -0.994. The van der Waals surface area contributed by atoms with E-state index < -0.39 is 41.9 Å². The predicted molar refractivity (Wildman–Crippen MR) is 205 cm³/mol. The predicted octanol–water partition coefficient (Wildman–Crippen LogP) is 1.90. The van der Waals surface area contributed by atoms with E-state index in [0.717, 1.165) is 24.1 Å². The lowest BCUT2D eigenvalue weighted by Crippen LogP contribution is -2.58. The average molecular weight is 720 g/mol. The molecule has 1 heterocycles. The van der Waals surface area contributed by atoms with Crippen LogP contribution in [0.25, 0.3) is 0 Å². The fourth-order valence-corrected chi connectivity index (χ4v) is 6.27. The molecule has 1 aliphatic heterocycles. The fourth-order valence-electron chi connectivity index (χ4n) is 6.27. The van der Waals surface area contributed by atoms with Crippen LogP contribution in [0.2, 0.25) is 0 Å². The molecular formula is C39H61N9O4. The summed E-state index contributed by atoms with van der Waals surface area (Å²) < 4.78 is 0. The molecule has 0 aromatic heterocycles. The van der Waals surface area contributed by atoms with Crippen LogP contribution in [0.4, 0.5) is 0 Å². The smallest absolute Gasteiger partial charge is 0.245 e. The van der Waals surface area contributed by atoms with Crippen LogP contribution in [0.1, 0.15) is 70.9 Å². The summed E-state index contributed by atoms with van der Waals surface area (Å²) in [6.45, 7) is 10.8. The van der Waals surface area contributed by atoms with Crippen LogP contribution in [0.5, 0.6) is 0 Å². The molecular weight excluding hydrogens is 658 g/mol. The van der Waals surface area contributed by atoms with Crippen molar-refractivity contribution in [3.63, 3.8) is 0 Å². The molecule has 1 saturated heterocycles. The molecule has 0 aliphatic carbocycles. The van der Waals surface area contributed by atoms with Crippen LogP contribution in [-0.2, 0) is 32.0 Å². The number of rotatable bonds is 19. The van der Waals surface area contributed by atoms with Crippen LogP contribution in [0.15, 0.2) is 60.7 Å². The summed E-state index contributed by atoms with van der Waals surface area (Å²) in [5, 5.41) is 20.0. The van der Waals surface area contributed by atoms with E-state index in [2.05, 4.69) is 35.1 Å². The molecule has 0 saturated carbocycles. The van der Waals surface area contributed by atoms with Gasteiger partial charge in [-0.05, 0) is 62.1 Å². The number of hydrogen-bond donors (Lipinski definition) is 7. The Balaban J connectivity index is 1.78. The Morgan fingerprint density at radius 3 is 1.85 bits per heavy atom.